The summed E-state index contributed by atoms with van der Waals surface area (Å²) in [6, 6.07) is 12.1. The Hall–Kier alpha value is -2.60. The molecule has 1 heterocycles. The first kappa shape index (κ1) is 18.2. The van der Waals surface area contributed by atoms with Crippen LogP contribution < -0.4 is 15.0 Å². The summed E-state index contributed by atoms with van der Waals surface area (Å²) in [6.07, 6.45) is 0. The van der Waals surface area contributed by atoms with Crippen LogP contribution in [0.4, 0.5) is 10.1 Å². The molecular weight excluding hydrogens is 333 g/mol. The van der Waals surface area contributed by atoms with E-state index in [1.807, 2.05) is 12.1 Å². The summed E-state index contributed by atoms with van der Waals surface area (Å²) in [7, 11) is 5.06. The van der Waals surface area contributed by atoms with Crippen molar-refractivity contribution >= 4 is 11.6 Å². The van der Waals surface area contributed by atoms with Gasteiger partial charge >= 0.3 is 0 Å². The summed E-state index contributed by atoms with van der Waals surface area (Å²) < 4.78 is 18.6. The van der Waals surface area contributed by atoms with Gasteiger partial charge in [0.2, 0.25) is 0 Å². The Labute approximate surface area is 153 Å². The summed E-state index contributed by atoms with van der Waals surface area (Å²) in [4.78, 5) is 16.5. The van der Waals surface area contributed by atoms with Gasteiger partial charge in [-0.3, -0.25) is 4.79 Å². The first-order chi connectivity index (χ1) is 12.5. The molecule has 26 heavy (non-hydrogen) atoms. The standard InChI is InChI=1S/C20H24FN3O2/c1-23(2)20(25)17-12-16(26-3)8-9-18(17)24-11-10-22-13-19(24)14-4-6-15(21)7-5-14/h4-9,12,19,22H,10-11,13H2,1-3H3/t19-/m0/s1. The number of nitrogens with zero attached hydrogens (tertiary/aromatic N) is 2. The summed E-state index contributed by atoms with van der Waals surface area (Å²) in [5.74, 6) is 0.319. The molecule has 2 aromatic carbocycles. The number of ether oxygens (including phenoxy) is 1. The normalized spacial score (nSPS) is 17.1. The zero-order valence-corrected chi connectivity index (χ0v) is 15.3. The van der Waals surface area contributed by atoms with Gasteiger partial charge in [0.15, 0.2) is 0 Å². The van der Waals surface area contributed by atoms with E-state index >= 15 is 0 Å². The average molecular weight is 357 g/mol. The topological polar surface area (TPSA) is 44.8 Å². The van der Waals surface area contributed by atoms with Gasteiger partial charge in [-0.25, -0.2) is 4.39 Å². The molecule has 1 N–H and O–H groups in total. The third-order valence-electron chi connectivity index (χ3n) is 4.65. The first-order valence-electron chi connectivity index (χ1n) is 8.63. The van der Waals surface area contributed by atoms with Crippen LogP contribution in [0.2, 0.25) is 0 Å². The Bertz CT molecular complexity index is 777. The monoisotopic (exact) mass is 357 g/mol. The van der Waals surface area contributed by atoms with E-state index in [-0.39, 0.29) is 17.8 Å². The second kappa shape index (κ2) is 7.74. The van der Waals surface area contributed by atoms with E-state index in [0.717, 1.165) is 30.9 Å². The largest absolute Gasteiger partial charge is 0.497 e. The molecule has 2 aromatic rings. The molecule has 3 rings (SSSR count). The fraction of sp³-hybridized carbons (Fsp3) is 0.350. The van der Waals surface area contributed by atoms with Gasteiger partial charge in [0.05, 0.1) is 24.4 Å². The number of methoxy groups -OCH3 is 1. The molecule has 0 unspecified atom stereocenters. The van der Waals surface area contributed by atoms with E-state index in [1.54, 1.807) is 44.3 Å². The van der Waals surface area contributed by atoms with Crippen molar-refractivity contribution in [3.05, 3.63) is 59.4 Å². The summed E-state index contributed by atoms with van der Waals surface area (Å²) in [6.45, 7) is 2.30. The first-order valence-corrected chi connectivity index (χ1v) is 8.63. The minimum absolute atomic E-state index is 0.0199. The highest BCUT2D eigenvalue weighted by Crippen LogP contribution is 2.33. The molecule has 0 bridgehead atoms. The Kier molecular flexibility index (Phi) is 5.42. The molecule has 6 heteroatoms. The molecule has 138 valence electrons. The predicted octanol–water partition coefficient (Wildman–Crippen LogP) is 2.69. The van der Waals surface area contributed by atoms with E-state index in [1.165, 1.54) is 12.1 Å². The summed E-state index contributed by atoms with van der Waals surface area (Å²) in [5, 5.41) is 3.39. The zero-order valence-electron chi connectivity index (χ0n) is 15.3. The molecular formula is C20H24FN3O2. The van der Waals surface area contributed by atoms with Crippen molar-refractivity contribution in [1.82, 2.24) is 10.2 Å². The minimum Gasteiger partial charge on any atom is -0.497 e. The molecule has 0 aliphatic carbocycles. The lowest BCUT2D eigenvalue weighted by Crippen LogP contribution is -2.46. The van der Waals surface area contributed by atoms with Gasteiger partial charge in [0.1, 0.15) is 11.6 Å². The molecule has 0 aromatic heterocycles. The predicted molar refractivity (Wildman–Crippen MR) is 100 cm³/mol. The third-order valence-corrected chi connectivity index (χ3v) is 4.65. The van der Waals surface area contributed by atoms with Crippen LogP contribution in [0.3, 0.4) is 0 Å². The molecule has 5 nitrogen and oxygen atoms in total. The highest BCUT2D eigenvalue weighted by atomic mass is 19.1. The lowest BCUT2D eigenvalue weighted by molar-refractivity contribution is 0.0827. The zero-order chi connectivity index (χ0) is 18.7. The van der Waals surface area contributed by atoms with Crippen LogP contribution in [-0.4, -0.2) is 51.6 Å². The van der Waals surface area contributed by atoms with Crippen LogP contribution in [0.5, 0.6) is 5.75 Å². The number of carbonyl (C=O) groups is 1. The molecule has 0 spiro atoms. The Morgan fingerprint density at radius 3 is 2.62 bits per heavy atom. The molecule has 0 saturated carbocycles. The maximum atomic E-state index is 13.3. The van der Waals surface area contributed by atoms with Gasteiger partial charge < -0.3 is 19.9 Å². The summed E-state index contributed by atoms with van der Waals surface area (Å²) in [5.41, 5.74) is 2.47. The number of anilines is 1. The number of carbonyl (C=O) groups excluding carboxylic acids is 1. The van der Waals surface area contributed by atoms with Crippen molar-refractivity contribution in [2.75, 3.05) is 45.7 Å². The Balaban J connectivity index is 2.04. The number of amides is 1. The van der Waals surface area contributed by atoms with E-state index in [9.17, 15) is 9.18 Å². The molecule has 1 amide bonds. The van der Waals surface area contributed by atoms with Crippen molar-refractivity contribution < 1.29 is 13.9 Å². The molecule has 0 radical (unpaired) electrons. The van der Waals surface area contributed by atoms with Crippen molar-refractivity contribution in [2.45, 2.75) is 6.04 Å². The number of rotatable bonds is 4. The van der Waals surface area contributed by atoms with Gasteiger partial charge in [-0.1, -0.05) is 12.1 Å². The van der Waals surface area contributed by atoms with Crippen LogP contribution in [-0.2, 0) is 0 Å². The molecule has 1 aliphatic rings. The Morgan fingerprint density at radius 1 is 1.23 bits per heavy atom. The quantitative estimate of drug-likeness (QED) is 0.914. The fourth-order valence-electron chi connectivity index (χ4n) is 3.28. The molecule has 1 atom stereocenters. The van der Waals surface area contributed by atoms with Gasteiger partial charge in [0.25, 0.3) is 5.91 Å². The van der Waals surface area contributed by atoms with E-state index in [2.05, 4.69) is 10.2 Å². The van der Waals surface area contributed by atoms with E-state index in [0.29, 0.717) is 11.3 Å². The number of nitrogens with one attached hydrogen (secondary N) is 1. The second-order valence-electron chi connectivity index (χ2n) is 6.55. The SMILES string of the molecule is COc1ccc(N2CCNC[C@H]2c2ccc(F)cc2)c(C(=O)N(C)C)c1. The number of hydrogen-bond donors (Lipinski definition) is 1. The summed E-state index contributed by atoms with van der Waals surface area (Å²) >= 11 is 0. The van der Waals surface area contributed by atoms with Crippen molar-refractivity contribution in [1.29, 1.82) is 0 Å². The van der Waals surface area contributed by atoms with Crippen LogP contribution in [0.25, 0.3) is 0 Å². The smallest absolute Gasteiger partial charge is 0.255 e. The van der Waals surface area contributed by atoms with Crippen molar-refractivity contribution in [2.24, 2.45) is 0 Å². The van der Waals surface area contributed by atoms with E-state index in [4.69, 9.17) is 4.74 Å². The number of halogens is 1. The van der Waals surface area contributed by atoms with Gasteiger partial charge in [-0.15, -0.1) is 0 Å². The molecule has 1 saturated heterocycles. The average Bonchev–Trinajstić information content (AvgIpc) is 2.67. The maximum Gasteiger partial charge on any atom is 0.255 e. The third kappa shape index (κ3) is 3.65. The fourth-order valence-corrected chi connectivity index (χ4v) is 3.28. The minimum atomic E-state index is -0.253. The highest BCUT2D eigenvalue weighted by Gasteiger charge is 2.28. The number of hydrogen-bond acceptors (Lipinski definition) is 4. The number of piperazine rings is 1. The van der Waals surface area contributed by atoms with Crippen LogP contribution >= 0.6 is 0 Å². The lowest BCUT2D eigenvalue weighted by atomic mass is 10.0. The number of benzene rings is 2. The second-order valence-corrected chi connectivity index (χ2v) is 6.55. The lowest BCUT2D eigenvalue weighted by Gasteiger charge is -2.39. The van der Waals surface area contributed by atoms with Gasteiger partial charge in [-0.05, 0) is 35.9 Å². The van der Waals surface area contributed by atoms with E-state index < -0.39 is 0 Å². The van der Waals surface area contributed by atoms with Crippen molar-refractivity contribution in [3.8, 4) is 5.75 Å². The Morgan fingerprint density at radius 2 is 1.96 bits per heavy atom. The molecule has 1 aliphatic heterocycles. The van der Waals surface area contributed by atoms with Crippen LogP contribution in [0.1, 0.15) is 22.0 Å². The maximum absolute atomic E-state index is 13.3. The highest BCUT2D eigenvalue weighted by molar-refractivity contribution is 6.00. The van der Waals surface area contributed by atoms with Crippen molar-refractivity contribution in [3.63, 3.8) is 0 Å². The van der Waals surface area contributed by atoms with Gasteiger partial charge in [-0.2, -0.15) is 0 Å². The van der Waals surface area contributed by atoms with Crippen LogP contribution in [0.15, 0.2) is 42.5 Å². The van der Waals surface area contributed by atoms with Gasteiger partial charge in [0, 0.05) is 33.7 Å². The molecule has 1 fully saturated rings. The van der Waals surface area contributed by atoms with Crippen LogP contribution in [0, 0.1) is 5.82 Å².